The normalized spacial score (nSPS) is 19.3. The van der Waals surface area contributed by atoms with E-state index in [1.807, 2.05) is 18.2 Å². The van der Waals surface area contributed by atoms with E-state index >= 15 is 0 Å². The van der Waals surface area contributed by atoms with E-state index in [2.05, 4.69) is 5.32 Å². The van der Waals surface area contributed by atoms with E-state index in [4.69, 9.17) is 4.42 Å². The van der Waals surface area contributed by atoms with E-state index in [1.165, 1.54) is 0 Å². The molecule has 138 valence electrons. The van der Waals surface area contributed by atoms with Crippen molar-refractivity contribution in [1.82, 2.24) is 5.32 Å². The van der Waals surface area contributed by atoms with Crippen molar-refractivity contribution in [3.05, 3.63) is 70.6 Å². The average Bonchev–Trinajstić information content (AvgIpc) is 3.14. The first kappa shape index (κ1) is 17.5. The molecule has 0 spiro atoms. The third-order valence-corrected chi connectivity index (χ3v) is 5.29. The zero-order chi connectivity index (χ0) is 18.8. The van der Waals surface area contributed by atoms with Gasteiger partial charge in [0.15, 0.2) is 0 Å². The van der Waals surface area contributed by atoms with Crippen LogP contribution in [0.5, 0.6) is 0 Å². The fourth-order valence-corrected chi connectivity index (χ4v) is 3.79. The minimum Gasteiger partial charge on any atom is -0.422 e. The Morgan fingerprint density at radius 3 is 2.81 bits per heavy atom. The predicted molar refractivity (Wildman–Crippen MR) is 104 cm³/mol. The number of rotatable bonds is 4. The zero-order valence-electron chi connectivity index (χ0n) is 14.9. The van der Waals surface area contributed by atoms with Gasteiger partial charge in [0.2, 0.25) is 0 Å². The molecule has 2 atom stereocenters. The van der Waals surface area contributed by atoms with Crippen LogP contribution < -0.4 is 10.9 Å². The summed E-state index contributed by atoms with van der Waals surface area (Å²) in [6, 6.07) is 16.1. The Labute approximate surface area is 156 Å². The minimum absolute atomic E-state index is 0.00288. The molecule has 0 bridgehead atoms. The van der Waals surface area contributed by atoms with Crippen molar-refractivity contribution >= 4 is 16.9 Å². The molecule has 1 aromatic heterocycles. The molecule has 1 amide bonds. The van der Waals surface area contributed by atoms with Gasteiger partial charge in [-0.15, -0.1) is 0 Å². The Bertz CT molecular complexity index is 1040. The molecular weight excluding hydrogens is 342 g/mol. The molecular formula is C22H21NO4. The van der Waals surface area contributed by atoms with E-state index in [1.54, 1.807) is 36.4 Å². The van der Waals surface area contributed by atoms with Crippen LogP contribution in [0.3, 0.4) is 0 Å². The Morgan fingerprint density at radius 1 is 1.11 bits per heavy atom. The number of fused-ring (bicyclic) bond motifs is 1. The van der Waals surface area contributed by atoms with Crippen LogP contribution in [-0.2, 0) is 0 Å². The Kier molecular flexibility index (Phi) is 4.77. The van der Waals surface area contributed by atoms with Crippen molar-refractivity contribution in [1.29, 1.82) is 0 Å². The molecule has 3 aromatic rings. The fourth-order valence-electron chi connectivity index (χ4n) is 3.79. The van der Waals surface area contributed by atoms with Crippen molar-refractivity contribution in [2.45, 2.75) is 25.3 Å². The summed E-state index contributed by atoms with van der Waals surface area (Å²) >= 11 is 0. The van der Waals surface area contributed by atoms with E-state index in [-0.39, 0.29) is 24.5 Å². The molecule has 0 saturated heterocycles. The maximum Gasteiger partial charge on any atom is 0.344 e. The molecule has 1 aliphatic carbocycles. The van der Waals surface area contributed by atoms with Gasteiger partial charge in [0.05, 0.1) is 5.56 Å². The van der Waals surface area contributed by atoms with Crippen LogP contribution >= 0.6 is 0 Å². The molecule has 2 N–H and O–H groups in total. The second kappa shape index (κ2) is 7.37. The smallest absolute Gasteiger partial charge is 0.344 e. The highest BCUT2D eigenvalue weighted by Crippen LogP contribution is 2.26. The number of carbonyl (C=O) groups excluding carboxylic acids is 1. The second-order valence-corrected chi connectivity index (χ2v) is 7.02. The number of amides is 1. The summed E-state index contributed by atoms with van der Waals surface area (Å²) in [7, 11) is 0. The maximum absolute atomic E-state index is 12.6. The van der Waals surface area contributed by atoms with Gasteiger partial charge in [0.1, 0.15) is 5.58 Å². The van der Waals surface area contributed by atoms with Crippen molar-refractivity contribution in [2.24, 2.45) is 5.92 Å². The van der Waals surface area contributed by atoms with Crippen LogP contribution in [0.15, 0.2) is 63.8 Å². The third-order valence-electron chi connectivity index (χ3n) is 5.29. The number of benzene rings is 2. The molecule has 1 fully saturated rings. The van der Waals surface area contributed by atoms with Gasteiger partial charge in [-0.1, -0.05) is 36.8 Å². The quantitative estimate of drug-likeness (QED) is 0.697. The fraction of sp³-hybridized carbons (Fsp3) is 0.273. The van der Waals surface area contributed by atoms with Gasteiger partial charge in [-0.25, -0.2) is 4.79 Å². The Morgan fingerprint density at radius 2 is 1.96 bits per heavy atom. The highest BCUT2D eigenvalue weighted by atomic mass is 16.4. The van der Waals surface area contributed by atoms with Crippen molar-refractivity contribution in [3.8, 4) is 11.1 Å². The highest BCUT2D eigenvalue weighted by molar-refractivity contribution is 5.96. The van der Waals surface area contributed by atoms with Crippen LogP contribution in [0.1, 0.15) is 29.6 Å². The summed E-state index contributed by atoms with van der Waals surface area (Å²) in [6.45, 7) is 0.0864. The molecule has 5 nitrogen and oxygen atoms in total. The number of hydrogen-bond donors (Lipinski definition) is 2. The summed E-state index contributed by atoms with van der Waals surface area (Å²) in [5.41, 5.74) is 1.67. The van der Waals surface area contributed by atoms with Gasteiger partial charge >= 0.3 is 5.63 Å². The monoisotopic (exact) mass is 363 g/mol. The van der Waals surface area contributed by atoms with E-state index in [0.29, 0.717) is 22.3 Å². The van der Waals surface area contributed by atoms with E-state index in [9.17, 15) is 14.7 Å². The molecule has 0 radical (unpaired) electrons. The Hall–Kier alpha value is -2.92. The van der Waals surface area contributed by atoms with Crippen molar-refractivity contribution in [3.63, 3.8) is 0 Å². The average molecular weight is 363 g/mol. The van der Waals surface area contributed by atoms with Gasteiger partial charge < -0.3 is 14.8 Å². The molecule has 27 heavy (non-hydrogen) atoms. The van der Waals surface area contributed by atoms with Gasteiger partial charge in [-0.05, 0) is 42.7 Å². The van der Waals surface area contributed by atoms with Crippen LogP contribution in [0.4, 0.5) is 0 Å². The van der Waals surface area contributed by atoms with Crippen molar-refractivity contribution in [2.75, 3.05) is 6.61 Å². The lowest BCUT2D eigenvalue weighted by Gasteiger charge is -2.19. The van der Waals surface area contributed by atoms with E-state index in [0.717, 1.165) is 24.6 Å². The standard InChI is InChI=1S/C22H21NO4/c24-13-17-8-4-9-19(17)23-21(25)16-7-3-6-14(11-16)18-12-15-5-1-2-10-20(15)27-22(18)26/h1-3,5-7,10-12,17,19,24H,4,8-9,13H2,(H,23,25)/t17-,19-/m0/s1. The summed E-state index contributed by atoms with van der Waals surface area (Å²) in [4.78, 5) is 25.0. The van der Waals surface area contributed by atoms with Crippen LogP contribution in [0, 0.1) is 5.92 Å². The molecule has 2 aromatic carbocycles. The largest absolute Gasteiger partial charge is 0.422 e. The lowest BCUT2D eigenvalue weighted by Crippen LogP contribution is -2.38. The molecule has 0 aliphatic heterocycles. The third kappa shape index (κ3) is 3.51. The molecule has 0 unspecified atom stereocenters. The number of aliphatic hydroxyl groups is 1. The van der Waals surface area contributed by atoms with Gasteiger partial charge in [-0.3, -0.25) is 4.79 Å². The topological polar surface area (TPSA) is 79.5 Å². The second-order valence-electron chi connectivity index (χ2n) is 7.02. The summed E-state index contributed by atoms with van der Waals surface area (Å²) in [6.07, 6.45) is 2.82. The maximum atomic E-state index is 12.6. The van der Waals surface area contributed by atoms with E-state index < -0.39 is 5.63 Å². The number of hydrogen-bond acceptors (Lipinski definition) is 4. The summed E-state index contributed by atoms with van der Waals surface area (Å²) < 4.78 is 5.40. The first-order chi connectivity index (χ1) is 13.2. The minimum atomic E-state index is -0.428. The lowest BCUT2D eigenvalue weighted by atomic mass is 10.0. The molecule has 1 heterocycles. The van der Waals surface area contributed by atoms with Gasteiger partial charge in [-0.2, -0.15) is 0 Å². The first-order valence-electron chi connectivity index (χ1n) is 9.21. The van der Waals surface area contributed by atoms with Crippen LogP contribution in [0.25, 0.3) is 22.1 Å². The number of nitrogens with one attached hydrogen (secondary N) is 1. The first-order valence-corrected chi connectivity index (χ1v) is 9.21. The lowest BCUT2D eigenvalue weighted by molar-refractivity contribution is 0.0916. The van der Waals surface area contributed by atoms with Gasteiger partial charge in [0, 0.05) is 29.5 Å². The molecule has 1 aliphatic rings. The summed E-state index contributed by atoms with van der Waals surface area (Å²) in [5, 5.41) is 13.3. The highest BCUT2D eigenvalue weighted by Gasteiger charge is 2.28. The van der Waals surface area contributed by atoms with Crippen LogP contribution in [0.2, 0.25) is 0 Å². The molecule has 5 heteroatoms. The number of carbonyl (C=O) groups is 1. The van der Waals surface area contributed by atoms with Crippen molar-refractivity contribution < 1.29 is 14.3 Å². The molecule has 4 rings (SSSR count). The SMILES string of the molecule is O=C(N[C@H]1CCC[C@H]1CO)c1cccc(-c2cc3ccccc3oc2=O)c1. The molecule has 1 saturated carbocycles. The zero-order valence-corrected chi connectivity index (χ0v) is 14.9. The summed E-state index contributed by atoms with van der Waals surface area (Å²) in [5.74, 6) is -0.0722. The van der Waals surface area contributed by atoms with Gasteiger partial charge in [0.25, 0.3) is 5.91 Å². The van der Waals surface area contributed by atoms with Crippen LogP contribution in [-0.4, -0.2) is 23.7 Å². The number of aliphatic hydroxyl groups excluding tert-OH is 1. The predicted octanol–water partition coefficient (Wildman–Crippen LogP) is 3.35. The Balaban J connectivity index is 1.64. The number of para-hydroxylation sites is 1.